The lowest BCUT2D eigenvalue weighted by atomic mass is 10.0. The minimum Gasteiger partial charge on any atom is -0.399 e. The van der Waals surface area contributed by atoms with Gasteiger partial charge in [0.1, 0.15) is 5.01 Å². The normalized spacial score (nSPS) is 11.9. The van der Waals surface area contributed by atoms with Crippen LogP contribution in [0.15, 0.2) is 53.9 Å². The number of nitrogen functional groups attached to an aromatic ring is 1. The van der Waals surface area contributed by atoms with Crippen molar-refractivity contribution in [2.75, 3.05) is 5.73 Å². The number of anilines is 1. The Kier molecular flexibility index (Phi) is 7.06. The van der Waals surface area contributed by atoms with Gasteiger partial charge in [-0.15, -0.1) is 11.3 Å². The van der Waals surface area contributed by atoms with Crippen LogP contribution >= 0.6 is 22.9 Å². The van der Waals surface area contributed by atoms with Crippen LogP contribution in [0.25, 0.3) is 0 Å². The maximum atomic E-state index is 12.6. The Bertz CT molecular complexity index is 924. The van der Waals surface area contributed by atoms with E-state index in [4.69, 9.17) is 17.3 Å². The van der Waals surface area contributed by atoms with Gasteiger partial charge in [-0.2, -0.15) is 0 Å². The number of aromatic nitrogens is 1. The van der Waals surface area contributed by atoms with E-state index < -0.39 is 0 Å². The van der Waals surface area contributed by atoms with Gasteiger partial charge in [0.2, 0.25) is 5.91 Å². The highest BCUT2D eigenvalue weighted by atomic mass is 35.5. The number of halogens is 1. The van der Waals surface area contributed by atoms with Crippen LogP contribution in [0.5, 0.6) is 0 Å². The van der Waals surface area contributed by atoms with Crippen molar-refractivity contribution in [2.45, 2.75) is 38.6 Å². The van der Waals surface area contributed by atoms with E-state index in [1.54, 1.807) is 11.3 Å². The van der Waals surface area contributed by atoms with Crippen molar-refractivity contribution >= 4 is 34.5 Å². The SMILES string of the molecule is CCc1csc(C(Cc2ccc(N)cc2)NC(=O)CCc2cccc(Cl)c2)n1. The zero-order chi connectivity index (χ0) is 19.9. The van der Waals surface area contributed by atoms with E-state index in [2.05, 4.69) is 22.6 Å². The molecule has 0 spiro atoms. The maximum Gasteiger partial charge on any atom is 0.220 e. The van der Waals surface area contributed by atoms with E-state index in [0.29, 0.717) is 24.3 Å². The summed E-state index contributed by atoms with van der Waals surface area (Å²) in [5.41, 5.74) is 9.74. The summed E-state index contributed by atoms with van der Waals surface area (Å²) in [6.45, 7) is 2.08. The molecule has 6 heteroatoms. The summed E-state index contributed by atoms with van der Waals surface area (Å²) in [5, 5.41) is 6.85. The quantitative estimate of drug-likeness (QED) is 0.512. The molecule has 0 aliphatic carbocycles. The van der Waals surface area contributed by atoms with Gasteiger partial charge in [0.15, 0.2) is 0 Å². The smallest absolute Gasteiger partial charge is 0.220 e. The number of benzene rings is 2. The molecule has 0 saturated heterocycles. The van der Waals surface area contributed by atoms with Crippen molar-refractivity contribution in [3.63, 3.8) is 0 Å². The van der Waals surface area contributed by atoms with E-state index in [9.17, 15) is 4.79 Å². The Balaban J connectivity index is 1.68. The fourth-order valence-corrected chi connectivity index (χ4v) is 4.12. The van der Waals surface area contributed by atoms with Gasteiger partial charge in [0.05, 0.1) is 11.7 Å². The lowest BCUT2D eigenvalue weighted by Crippen LogP contribution is -2.30. The number of hydrogen-bond donors (Lipinski definition) is 2. The molecule has 0 radical (unpaired) electrons. The van der Waals surface area contributed by atoms with Crippen molar-refractivity contribution in [1.29, 1.82) is 0 Å². The Morgan fingerprint density at radius 3 is 2.68 bits per heavy atom. The van der Waals surface area contributed by atoms with Gasteiger partial charge < -0.3 is 11.1 Å². The van der Waals surface area contributed by atoms with Crippen molar-refractivity contribution in [3.05, 3.63) is 80.8 Å². The number of nitrogens with two attached hydrogens (primary N) is 1. The predicted molar refractivity (Wildman–Crippen MR) is 117 cm³/mol. The van der Waals surface area contributed by atoms with E-state index in [1.165, 1.54) is 0 Å². The fourth-order valence-electron chi connectivity index (χ4n) is 2.95. The van der Waals surface area contributed by atoms with Gasteiger partial charge in [0, 0.05) is 22.5 Å². The van der Waals surface area contributed by atoms with E-state index in [0.717, 1.165) is 33.9 Å². The molecule has 1 amide bonds. The maximum absolute atomic E-state index is 12.6. The first-order valence-electron chi connectivity index (χ1n) is 9.36. The Morgan fingerprint density at radius 2 is 2.00 bits per heavy atom. The third-order valence-electron chi connectivity index (χ3n) is 4.51. The minimum atomic E-state index is -0.152. The highest BCUT2D eigenvalue weighted by molar-refractivity contribution is 7.09. The molecule has 3 aromatic rings. The predicted octanol–water partition coefficient (Wildman–Crippen LogP) is 4.97. The first kappa shape index (κ1) is 20.4. The number of carbonyl (C=O) groups excluding carboxylic acids is 1. The molecule has 0 aliphatic heterocycles. The van der Waals surface area contributed by atoms with Crippen LogP contribution in [-0.2, 0) is 24.1 Å². The van der Waals surface area contributed by atoms with Crippen LogP contribution in [0.4, 0.5) is 5.69 Å². The van der Waals surface area contributed by atoms with Crippen molar-refractivity contribution in [3.8, 4) is 0 Å². The third kappa shape index (κ3) is 5.81. The number of thiazole rings is 1. The summed E-state index contributed by atoms with van der Waals surface area (Å²) in [4.78, 5) is 17.3. The molecule has 28 heavy (non-hydrogen) atoms. The second-order valence-electron chi connectivity index (χ2n) is 6.73. The van der Waals surface area contributed by atoms with Gasteiger partial charge >= 0.3 is 0 Å². The van der Waals surface area contributed by atoms with Gasteiger partial charge in [-0.05, 0) is 54.7 Å². The standard InChI is InChI=1S/C22H24ClN3OS/c1-2-19-14-28-22(25-19)20(13-16-6-9-18(24)10-7-16)26-21(27)11-8-15-4-3-5-17(23)12-15/h3-7,9-10,12,14,20H,2,8,11,13,24H2,1H3,(H,26,27). The average Bonchev–Trinajstić information content (AvgIpc) is 3.17. The lowest BCUT2D eigenvalue weighted by Gasteiger charge is -2.17. The summed E-state index contributed by atoms with van der Waals surface area (Å²) in [7, 11) is 0. The largest absolute Gasteiger partial charge is 0.399 e. The molecule has 0 bridgehead atoms. The Hall–Kier alpha value is -2.37. The second kappa shape index (κ2) is 9.71. The average molecular weight is 414 g/mol. The fraction of sp³-hybridized carbons (Fsp3) is 0.273. The number of nitrogens with one attached hydrogen (secondary N) is 1. The number of hydrogen-bond acceptors (Lipinski definition) is 4. The highest BCUT2D eigenvalue weighted by Crippen LogP contribution is 2.23. The summed E-state index contributed by atoms with van der Waals surface area (Å²) in [5.74, 6) is 0.00803. The Morgan fingerprint density at radius 1 is 1.21 bits per heavy atom. The van der Waals surface area contributed by atoms with Gasteiger partial charge in [-0.25, -0.2) is 4.98 Å². The summed E-state index contributed by atoms with van der Waals surface area (Å²) >= 11 is 7.62. The van der Waals surface area contributed by atoms with E-state index >= 15 is 0 Å². The molecule has 3 rings (SSSR count). The Labute approximate surface area is 174 Å². The van der Waals surface area contributed by atoms with Gasteiger partial charge in [0.25, 0.3) is 0 Å². The molecular weight excluding hydrogens is 390 g/mol. The topological polar surface area (TPSA) is 68.0 Å². The minimum absolute atomic E-state index is 0.00803. The van der Waals surface area contributed by atoms with Crippen LogP contribution in [0.3, 0.4) is 0 Å². The summed E-state index contributed by atoms with van der Waals surface area (Å²) in [6, 6.07) is 15.2. The molecule has 1 unspecified atom stereocenters. The molecule has 0 fully saturated rings. The highest BCUT2D eigenvalue weighted by Gasteiger charge is 2.19. The van der Waals surface area contributed by atoms with Crippen molar-refractivity contribution in [1.82, 2.24) is 10.3 Å². The van der Waals surface area contributed by atoms with Crippen LogP contribution in [0.1, 0.15) is 41.2 Å². The van der Waals surface area contributed by atoms with E-state index in [1.807, 2.05) is 48.5 Å². The molecule has 0 aliphatic rings. The van der Waals surface area contributed by atoms with Gasteiger partial charge in [-0.3, -0.25) is 4.79 Å². The number of rotatable bonds is 8. The van der Waals surface area contributed by atoms with Crippen molar-refractivity contribution in [2.24, 2.45) is 0 Å². The summed E-state index contributed by atoms with van der Waals surface area (Å²) < 4.78 is 0. The number of nitrogens with zero attached hydrogens (tertiary/aromatic N) is 1. The first-order valence-corrected chi connectivity index (χ1v) is 10.6. The van der Waals surface area contributed by atoms with Crippen LogP contribution < -0.4 is 11.1 Å². The molecule has 1 heterocycles. The summed E-state index contributed by atoms with van der Waals surface area (Å²) in [6.07, 6.45) is 2.62. The van der Waals surface area contributed by atoms with Crippen LogP contribution in [0.2, 0.25) is 5.02 Å². The lowest BCUT2D eigenvalue weighted by molar-refractivity contribution is -0.121. The molecule has 3 N–H and O–H groups in total. The zero-order valence-electron chi connectivity index (χ0n) is 15.8. The number of aryl methyl sites for hydroxylation is 2. The van der Waals surface area contributed by atoms with Gasteiger partial charge in [-0.1, -0.05) is 42.8 Å². The zero-order valence-corrected chi connectivity index (χ0v) is 17.4. The molecule has 0 saturated carbocycles. The van der Waals surface area contributed by atoms with Crippen LogP contribution in [0, 0.1) is 0 Å². The number of carbonyl (C=O) groups is 1. The molecule has 4 nitrogen and oxygen atoms in total. The molecule has 2 aromatic carbocycles. The molecule has 1 aromatic heterocycles. The monoisotopic (exact) mass is 413 g/mol. The third-order valence-corrected chi connectivity index (χ3v) is 5.76. The van der Waals surface area contributed by atoms with Crippen LogP contribution in [-0.4, -0.2) is 10.9 Å². The van der Waals surface area contributed by atoms with E-state index in [-0.39, 0.29) is 11.9 Å². The number of amides is 1. The molecular formula is C22H24ClN3OS. The second-order valence-corrected chi connectivity index (χ2v) is 8.05. The van der Waals surface area contributed by atoms with Crippen molar-refractivity contribution < 1.29 is 4.79 Å². The molecule has 146 valence electrons. The molecule has 1 atom stereocenters. The first-order chi connectivity index (χ1) is 13.5.